The minimum atomic E-state index is -0.934. The van der Waals surface area contributed by atoms with Crippen LogP contribution in [0.2, 0.25) is 0 Å². The van der Waals surface area contributed by atoms with Gasteiger partial charge in [0.2, 0.25) is 23.6 Å². The predicted molar refractivity (Wildman–Crippen MR) is 249 cm³/mol. The molecule has 6 rings (SSSR count). The number of likely N-dealkylation sites (tertiary alicyclic amines) is 1. The number of amides is 6. The Morgan fingerprint density at radius 1 is 0.578 bits per heavy atom. The summed E-state index contributed by atoms with van der Waals surface area (Å²) in [4.78, 5) is 82.9. The van der Waals surface area contributed by atoms with Crippen molar-refractivity contribution in [3.63, 3.8) is 0 Å². The van der Waals surface area contributed by atoms with E-state index in [1.54, 1.807) is 29.2 Å². The van der Waals surface area contributed by atoms with Crippen LogP contribution in [0.15, 0.2) is 84.9 Å². The van der Waals surface area contributed by atoms with Gasteiger partial charge in [-0.05, 0) is 61.1 Å². The van der Waals surface area contributed by atoms with Gasteiger partial charge in [-0.2, -0.15) is 0 Å². The van der Waals surface area contributed by atoms with Crippen molar-refractivity contribution in [3.8, 4) is 0 Å². The van der Waals surface area contributed by atoms with Crippen molar-refractivity contribution < 1.29 is 28.8 Å². The summed E-state index contributed by atoms with van der Waals surface area (Å²) in [6.45, 7) is 4.93. The van der Waals surface area contributed by atoms with E-state index in [1.807, 2.05) is 36.4 Å². The van der Waals surface area contributed by atoms with Gasteiger partial charge < -0.3 is 31.5 Å². The molecule has 7 atom stereocenters. The van der Waals surface area contributed by atoms with Crippen LogP contribution < -0.4 is 26.6 Å². The predicted octanol–water partition coefficient (Wildman–Crippen LogP) is 7.16. The average Bonchev–Trinajstić information content (AvgIpc) is 4.23. The van der Waals surface area contributed by atoms with Crippen molar-refractivity contribution in [3.05, 3.63) is 107 Å². The number of hydrogen-bond acceptors (Lipinski definition) is 6. The molecule has 1 heterocycles. The lowest BCUT2D eigenvalue weighted by Gasteiger charge is -2.19. The van der Waals surface area contributed by atoms with E-state index in [-0.39, 0.29) is 78.7 Å². The molecule has 3 aromatic rings. The Kier molecular flexibility index (Phi) is 18.4. The number of nitrogens with zero attached hydrogens (tertiary/aromatic N) is 1. The molecule has 3 aromatic carbocycles. The van der Waals surface area contributed by atoms with E-state index in [2.05, 4.69) is 64.7 Å². The third kappa shape index (κ3) is 14.2. The highest BCUT2D eigenvalue weighted by Crippen LogP contribution is 2.42. The van der Waals surface area contributed by atoms with Gasteiger partial charge in [0.15, 0.2) is 0 Å². The van der Waals surface area contributed by atoms with E-state index in [0.717, 1.165) is 75.3 Å². The lowest BCUT2D eigenvalue weighted by Crippen LogP contribution is -2.52. The lowest BCUT2D eigenvalue weighted by atomic mass is 9.94. The van der Waals surface area contributed by atoms with E-state index >= 15 is 0 Å². The van der Waals surface area contributed by atoms with Gasteiger partial charge in [0.25, 0.3) is 11.8 Å². The fraction of sp³-hybridized carbons (Fsp3) is 0.538. The monoisotopic (exact) mass is 875 g/mol. The number of benzene rings is 3. The summed E-state index contributed by atoms with van der Waals surface area (Å²) in [7, 11) is 0. The standard InChI is InChI=1S/C52H70N6O6/c1-3-5-7-9-11-19-25-47(59)55-46(51(63)53-30-20-12-10-8-6-4-2)33-54-48(60)38-26-28-39(29-27-38)52(64)58-34-42(49(61)56-44-31-40(44)36-21-15-13-16-22-36)43(35-58)50(62)57-45-32-41(45)37-23-17-14-18-24-37/h13-18,21-24,26-29,40-46H,3-12,19-20,25,30-35H2,1-2H3,(H,53,63)(H,54,60)(H,55,59)(H,56,61)(H,57,62)/t40-,41-,42-,43-,44+,45+,46+/m1/s1. The van der Waals surface area contributed by atoms with Crippen molar-refractivity contribution in [2.45, 2.75) is 140 Å². The molecule has 1 saturated heterocycles. The van der Waals surface area contributed by atoms with Crippen LogP contribution in [0.25, 0.3) is 0 Å². The number of rotatable bonds is 26. The zero-order valence-electron chi connectivity index (χ0n) is 38.0. The third-order valence-corrected chi connectivity index (χ3v) is 13.1. The Bertz CT molecular complexity index is 1920. The second-order valence-electron chi connectivity index (χ2n) is 18.1. The molecule has 0 radical (unpaired) electrons. The van der Waals surface area contributed by atoms with Crippen molar-refractivity contribution in [1.29, 1.82) is 0 Å². The Hall–Kier alpha value is -5.52. The van der Waals surface area contributed by atoms with E-state index < -0.39 is 23.8 Å². The molecule has 3 fully saturated rings. The fourth-order valence-electron chi connectivity index (χ4n) is 8.95. The van der Waals surface area contributed by atoms with Crippen molar-refractivity contribution in [1.82, 2.24) is 31.5 Å². The highest BCUT2D eigenvalue weighted by atomic mass is 16.2. The van der Waals surface area contributed by atoms with Crippen LogP contribution in [0.4, 0.5) is 0 Å². The molecule has 12 nitrogen and oxygen atoms in total. The first kappa shape index (κ1) is 47.9. The first-order valence-electron chi connectivity index (χ1n) is 24.1. The van der Waals surface area contributed by atoms with Crippen LogP contribution in [-0.4, -0.2) is 84.6 Å². The largest absolute Gasteiger partial charge is 0.354 e. The van der Waals surface area contributed by atoms with Crippen LogP contribution in [0.1, 0.15) is 154 Å². The molecule has 2 aliphatic carbocycles. The van der Waals surface area contributed by atoms with Gasteiger partial charge in [0.05, 0.1) is 11.8 Å². The molecule has 1 aliphatic heterocycles. The third-order valence-electron chi connectivity index (χ3n) is 13.1. The Labute approximate surface area is 379 Å². The summed E-state index contributed by atoms with van der Waals surface area (Å²) < 4.78 is 0. The maximum atomic E-state index is 14.0. The summed E-state index contributed by atoms with van der Waals surface area (Å²) in [6.07, 6.45) is 14.7. The zero-order valence-corrected chi connectivity index (χ0v) is 38.0. The molecule has 64 heavy (non-hydrogen) atoms. The summed E-state index contributed by atoms with van der Waals surface area (Å²) in [5.74, 6) is -2.80. The van der Waals surface area contributed by atoms with Crippen LogP contribution in [-0.2, 0) is 19.2 Å². The topological polar surface area (TPSA) is 166 Å². The molecule has 2 saturated carbocycles. The fourth-order valence-corrected chi connectivity index (χ4v) is 8.95. The van der Waals surface area contributed by atoms with Crippen LogP contribution >= 0.6 is 0 Å². The molecule has 6 amide bonds. The second-order valence-corrected chi connectivity index (χ2v) is 18.1. The Balaban J connectivity index is 1.04. The van der Waals surface area contributed by atoms with Gasteiger partial charge in [-0.1, -0.05) is 139 Å². The lowest BCUT2D eigenvalue weighted by molar-refractivity contribution is -0.133. The zero-order chi connectivity index (χ0) is 45.3. The van der Waals surface area contributed by atoms with Gasteiger partial charge in [-0.3, -0.25) is 28.8 Å². The summed E-state index contributed by atoms with van der Waals surface area (Å²) in [5, 5.41) is 15.0. The van der Waals surface area contributed by atoms with Gasteiger partial charge in [0.1, 0.15) is 6.04 Å². The van der Waals surface area contributed by atoms with Crippen LogP contribution in [0.3, 0.4) is 0 Å². The number of nitrogens with one attached hydrogen (secondary N) is 5. The summed E-state index contributed by atoms with van der Waals surface area (Å²) in [6, 6.07) is 25.4. The summed E-state index contributed by atoms with van der Waals surface area (Å²) in [5.41, 5.74) is 2.94. The Morgan fingerprint density at radius 3 is 1.59 bits per heavy atom. The van der Waals surface area contributed by atoms with Gasteiger partial charge in [-0.25, -0.2) is 0 Å². The quantitative estimate of drug-likeness (QED) is 0.0537. The molecular weight excluding hydrogens is 805 g/mol. The number of unbranched alkanes of at least 4 members (excludes halogenated alkanes) is 10. The molecule has 0 bridgehead atoms. The van der Waals surface area contributed by atoms with E-state index in [1.165, 1.54) is 25.7 Å². The first-order chi connectivity index (χ1) is 31.2. The molecule has 3 aliphatic rings. The van der Waals surface area contributed by atoms with Gasteiger partial charge in [-0.15, -0.1) is 0 Å². The maximum absolute atomic E-state index is 14.0. The van der Waals surface area contributed by atoms with E-state index in [0.29, 0.717) is 18.5 Å². The number of carbonyl (C=O) groups is 6. The molecule has 0 spiro atoms. The molecule has 344 valence electrons. The van der Waals surface area contributed by atoms with E-state index in [4.69, 9.17) is 0 Å². The van der Waals surface area contributed by atoms with Gasteiger partial charge in [0, 0.05) is 67.6 Å². The normalized spacial score (nSPS) is 21.3. The molecule has 5 N–H and O–H groups in total. The second kappa shape index (κ2) is 24.5. The maximum Gasteiger partial charge on any atom is 0.253 e. The number of hydrogen-bond donors (Lipinski definition) is 5. The van der Waals surface area contributed by atoms with Crippen LogP contribution in [0.5, 0.6) is 0 Å². The molecule has 0 aromatic heterocycles. The van der Waals surface area contributed by atoms with Crippen molar-refractivity contribution in [2.75, 3.05) is 26.2 Å². The molecule has 12 heteroatoms. The van der Waals surface area contributed by atoms with Crippen molar-refractivity contribution >= 4 is 35.4 Å². The SMILES string of the molecule is CCCCCCCCNC(=O)[C@H](CNC(=O)c1ccc(C(=O)N2C[C@@H](C(=O)N[C@H]3C[C@@H]3c3ccccc3)[C@H](C(=O)N[C@H]3C[C@@H]3c3ccccc3)C2)cc1)NC(=O)CCCCCCCC. The average molecular weight is 875 g/mol. The first-order valence-corrected chi connectivity index (χ1v) is 24.1. The Morgan fingerprint density at radius 2 is 1.06 bits per heavy atom. The van der Waals surface area contributed by atoms with E-state index in [9.17, 15) is 28.8 Å². The van der Waals surface area contributed by atoms with Crippen molar-refractivity contribution in [2.24, 2.45) is 11.8 Å². The number of carbonyl (C=O) groups excluding carboxylic acids is 6. The molecule has 0 unspecified atom stereocenters. The summed E-state index contributed by atoms with van der Waals surface area (Å²) >= 11 is 0. The minimum absolute atomic E-state index is 0.0240. The molecular formula is C52H70N6O6. The van der Waals surface area contributed by atoms with Gasteiger partial charge >= 0.3 is 0 Å². The minimum Gasteiger partial charge on any atom is -0.354 e. The van der Waals surface area contributed by atoms with Crippen LogP contribution in [0, 0.1) is 11.8 Å². The smallest absolute Gasteiger partial charge is 0.253 e. The highest BCUT2D eigenvalue weighted by Gasteiger charge is 2.49. The highest BCUT2D eigenvalue weighted by molar-refractivity contribution is 5.99.